The summed E-state index contributed by atoms with van der Waals surface area (Å²) < 4.78 is 1.59. The highest BCUT2D eigenvalue weighted by molar-refractivity contribution is 6.32. The summed E-state index contributed by atoms with van der Waals surface area (Å²) in [6, 6.07) is 22.7. The molecule has 8 nitrogen and oxygen atoms in total. The van der Waals surface area contributed by atoms with Gasteiger partial charge in [-0.25, -0.2) is 14.6 Å². The minimum atomic E-state index is -0.248. The van der Waals surface area contributed by atoms with Crippen LogP contribution in [0.4, 0.5) is 5.69 Å². The van der Waals surface area contributed by atoms with Crippen LogP contribution in [0.3, 0.4) is 0 Å². The fourth-order valence-electron chi connectivity index (χ4n) is 5.24. The number of aromatic amines is 1. The minimum Gasteiger partial charge on any atom is -0.322 e. The molecule has 3 aromatic heterocycles. The van der Waals surface area contributed by atoms with E-state index in [1.165, 1.54) is 12.5 Å². The third kappa shape index (κ3) is 4.06. The smallest absolute Gasteiger partial charge is 0.261 e. The first-order valence-electron chi connectivity index (χ1n) is 12.8. The van der Waals surface area contributed by atoms with Crippen LogP contribution in [0, 0.1) is 0 Å². The second-order valence-corrected chi connectivity index (χ2v) is 9.96. The summed E-state index contributed by atoms with van der Waals surface area (Å²) in [5.74, 6) is -0.195. The van der Waals surface area contributed by atoms with Crippen molar-refractivity contribution < 1.29 is 4.79 Å². The first kappa shape index (κ1) is 24.0. The van der Waals surface area contributed by atoms with Crippen LogP contribution in [0.5, 0.6) is 0 Å². The van der Waals surface area contributed by atoms with Gasteiger partial charge in [0.05, 0.1) is 35.0 Å². The van der Waals surface area contributed by atoms with E-state index in [1.54, 1.807) is 16.8 Å². The molecule has 194 valence electrons. The van der Waals surface area contributed by atoms with Gasteiger partial charge in [-0.15, -0.1) is 0 Å². The molecule has 40 heavy (non-hydrogen) atoms. The van der Waals surface area contributed by atoms with Crippen LogP contribution >= 0.6 is 11.6 Å². The number of carbonyl (C=O) groups is 1. The predicted octanol–water partition coefficient (Wildman–Crippen LogP) is 6.05. The van der Waals surface area contributed by atoms with Gasteiger partial charge >= 0.3 is 0 Å². The van der Waals surface area contributed by atoms with E-state index in [1.807, 2.05) is 60.7 Å². The number of anilines is 1. The van der Waals surface area contributed by atoms with E-state index in [-0.39, 0.29) is 11.5 Å². The summed E-state index contributed by atoms with van der Waals surface area (Å²) in [5, 5.41) is 9.27. The Morgan fingerprint density at radius 2 is 1.77 bits per heavy atom. The third-order valence-corrected chi connectivity index (χ3v) is 7.49. The molecule has 0 fully saturated rings. The Labute approximate surface area is 233 Å². The number of allylic oxidation sites excluding steroid dienone is 1. The van der Waals surface area contributed by atoms with Gasteiger partial charge in [-0.3, -0.25) is 9.59 Å². The lowest BCUT2D eigenvalue weighted by molar-refractivity contribution is 0.102. The van der Waals surface area contributed by atoms with Gasteiger partial charge in [0.25, 0.3) is 11.5 Å². The van der Waals surface area contributed by atoms with Gasteiger partial charge in [0.1, 0.15) is 5.39 Å². The molecule has 0 saturated carbocycles. The maximum absolute atomic E-state index is 13.8. The zero-order chi connectivity index (χ0) is 27.2. The lowest BCUT2D eigenvalue weighted by Gasteiger charge is -2.13. The molecule has 0 atom stereocenters. The van der Waals surface area contributed by atoms with Gasteiger partial charge in [0, 0.05) is 16.1 Å². The summed E-state index contributed by atoms with van der Waals surface area (Å²) >= 11 is 6.42. The Bertz CT molecular complexity index is 2040. The van der Waals surface area contributed by atoms with E-state index >= 15 is 0 Å². The van der Waals surface area contributed by atoms with E-state index in [9.17, 15) is 9.59 Å². The Hall–Kier alpha value is -5.08. The Kier molecular flexibility index (Phi) is 5.75. The summed E-state index contributed by atoms with van der Waals surface area (Å²) in [6.07, 6.45) is 6.39. The molecular weight excluding hydrogens is 524 g/mol. The number of hydrogen-bond donors (Lipinski definition) is 2. The highest BCUT2D eigenvalue weighted by atomic mass is 35.5. The lowest BCUT2D eigenvalue weighted by atomic mass is 9.99. The zero-order valence-corrected chi connectivity index (χ0v) is 21.8. The maximum atomic E-state index is 13.8. The normalized spacial score (nSPS) is 13.7. The van der Waals surface area contributed by atoms with E-state index < -0.39 is 0 Å². The standard InChI is InChI=1S/C31H21ClN6O2/c32-25-7-3-1-5-18(25)15-19-9-14-23-27(22-6-2-4-8-26(22)37-28(19)23)31(40)36-20-10-12-21(13-11-20)38-29-24(16-35-38)30(39)34-17-33-29/h1-8,10-13,15-17H,9,14H2,(H,36,40)(H,33,34,39)/b19-15-. The number of amides is 1. The quantitative estimate of drug-likeness (QED) is 0.281. The third-order valence-electron chi connectivity index (χ3n) is 7.14. The number of fused-ring (bicyclic) bond motifs is 3. The molecule has 0 aliphatic heterocycles. The number of H-pyrrole nitrogens is 1. The molecule has 0 radical (unpaired) electrons. The Morgan fingerprint density at radius 3 is 2.62 bits per heavy atom. The van der Waals surface area contributed by atoms with Crippen molar-refractivity contribution in [1.29, 1.82) is 0 Å². The van der Waals surface area contributed by atoms with Crippen LogP contribution in [0.15, 0.2) is 90.1 Å². The van der Waals surface area contributed by atoms with Crippen LogP contribution in [0.2, 0.25) is 5.02 Å². The van der Waals surface area contributed by atoms with Crippen molar-refractivity contribution in [3.8, 4) is 5.69 Å². The van der Waals surface area contributed by atoms with Crippen molar-refractivity contribution in [1.82, 2.24) is 24.7 Å². The van der Waals surface area contributed by atoms with Crippen LogP contribution in [-0.2, 0) is 6.42 Å². The second-order valence-electron chi connectivity index (χ2n) is 9.55. The van der Waals surface area contributed by atoms with Crippen molar-refractivity contribution in [2.24, 2.45) is 0 Å². The highest BCUT2D eigenvalue weighted by Gasteiger charge is 2.27. The predicted molar refractivity (Wildman–Crippen MR) is 157 cm³/mol. The van der Waals surface area contributed by atoms with E-state index in [2.05, 4.69) is 26.5 Å². The number of aromatic nitrogens is 5. The van der Waals surface area contributed by atoms with E-state index in [4.69, 9.17) is 16.6 Å². The average molecular weight is 545 g/mol. The minimum absolute atomic E-state index is 0.195. The van der Waals surface area contributed by atoms with Gasteiger partial charge in [-0.1, -0.05) is 48.0 Å². The fraction of sp³-hybridized carbons (Fsp3) is 0.0645. The van der Waals surface area contributed by atoms with E-state index in [0.29, 0.717) is 33.7 Å². The molecule has 7 rings (SSSR count). The Morgan fingerprint density at radius 1 is 0.975 bits per heavy atom. The van der Waals surface area contributed by atoms with Gasteiger partial charge in [-0.2, -0.15) is 5.10 Å². The lowest BCUT2D eigenvalue weighted by Crippen LogP contribution is -2.15. The number of nitrogens with zero attached hydrogens (tertiary/aromatic N) is 4. The second kappa shape index (κ2) is 9.59. The monoisotopic (exact) mass is 544 g/mol. The number of para-hydroxylation sites is 1. The number of rotatable bonds is 4. The first-order chi connectivity index (χ1) is 19.6. The average Bonchev–Trinajstić information content (AvgIpc) is 3.58. The van der Waals surface area contributed by atoms with Crippen LogP contribution in [-0.4, -0.2) is 30.6 Å². The zero-order valence-electron chi connectivity index (χ0n) is 21.1. The van der Waals surface area contributed by atoms with Crippen molar-refractivity contribution in [2.45, 2.75) is 12.8 Å². The molecule has 6 aromatic rings. The van der Waals surface area contributed by atoms with Crippen molar-refractivity contribution in [3.63, 3.8) is 0 Å². The van der Waals surface area contributed by atoms with Crippen LogP contribution in [0.1, 0.15) is 33.6 Å². The SMILES string of the molecule is O=C(Nc1ccc(-n2ncc3c(=O)[nH]cnc32)cc1)c1c2c(nc3ccccc13)/C(=C\c1ccccc1Cl)CC2. The molecule has 0 saturated heterocycles. The van der Waals surface area contributed by atoms with Gasteiger partial charge in [0.2, 0.25) is 0 Å². The number of carbonyl (C=O) groups excluding carboxylic acids is 1. The molecule has 3 aromatic carbocycles. The summed E-state index contributed by atoms with van der Waals surface area (Å²) in [6.45, 7) is 0. The molecule has 9 heteroatoms. The van der Waals surface area contributed by atoms with Gasteiger partial charge in [0.15, 0.2) is 5.65 Å². The molecule has 1 aliphatic rings. The number of benzene rings is 3. The molecule has 1 amide bonds. The fourth-order valence-corrected chi connectivity index (χ4v) is 5.43. The topological polar surface area (TPSA) is 106 Å². The number of nitrogens with one attached hydrogen (secondary N) is 2. The molecule has 1 aliphatic carbocycles. The Balaban J connectivity index is 1.24. The summed E-state index contributed by atoms with van der Waals surface area (Å²) in [4.78, 5) is 37.6. The van der Waals surface area contributed by atoms with E-state index in [0.717, 1.165) is 45.4 Å². The highest BCUT2D eigenvalue weighted by Crippen LogP contribution is 2.38. The summed E-state index contributed by atoms with van der Waals surface area (Å²) in [7, 11) is 0. The molecule has 3 heterocycles. The molecule has 2 N–H and O–H groups in total. The maximum Gasteiger partial charge on any atom is 0.261 e. The largest absolute Gasteiger partial charge is 0.322 e. The van der Waals surface area contributed by atoms with Gasteiger partial charge in [-0.05, 0) is 72.0 Å². The number of hydrogen-bond acceptors (Lipinski definition) is 5. The molecular formula is C31H21ClN6O2. The molecule has 0 spiro atoms. The van der Waals surface area contributed by atoms with Gasteiger partial charge < -0.3 is 10.3 Å². The van der Waals surface area contributed by atoms with Crippen molar-refractivity contribution in [3.05, 3.63) is 123 Å². The number of halogens is 1. The molecule has 0 bridgehead atoms. The van der Waals surface area contributed by atoms with Crippen LogP contribution in [0.25, 0.3) is 39.3 Å². The summed E-state index contributed by atoms with van der Waals surface area (Å²) in [5.41, 5.74) is 6.73. The van der Waals surface area contributed by atoms with Crippen molar-refractivity contribution in [2.75, 3.05) is 5.32 Å². The molecule has 0 unspecified atom stereocenters. The first-order valence-corrected chi connectivity index (χ1v) is 13.1. The van der Waals surface area contributed by atoms with Crippen molar-refractivity contribution >= 4 is 56.8 Å². The number of pyridine rings is 1. The van der Waals surface area contributed by atoms with Crippen LogP contribution < -0.4 is 10.9 Å².